The number of rotatable bonds is 35. The monoisotopic (exact) mass is 1130 g/mol. The number of benzene rings is 1. The van der Waals surface area contributed by atoms with Crippen LogP contribution in [0.2, 0.25) is 0 Å². The highest BCUT2D eigenvalue weighted by atomic mass is 16.4. The molecule has 9 atom stereocenters. The van der Waals surface area contributed by atoms with Crippen molar-refractivity contribution in [2.24, 2.45) is 57.5 Å². The lowest BCUT2D eigenvalue weighted by Gasteiger charge is -2.29. The average Bonchev–Trinajstić information content (AvgIpc) is 3.77. The number of carboxylic acid groups (broad SMARTS) is 2. The summed E-state index contributed by atoms with van der Waals surface area (Å²) in [7, 11) is 0. The van der Waals surface area contributed by atoms with E-state index in [4.69, 9.17) is 22.9 Å². The van der Waals surface area contributed by atoms with Gasteiger partial charge in [-0.2, -0.15) is 0 Å². The van der Waals surface area contributed by atoms with Crippen molar-refractivity contribution in [2.45, 2.75) is 175 Å². The van der Waals surface area contributed by atoms with Crippen LogP contribution in [-0.2, 0) is 59.2 Å². The van der Waals surface area contributed by atoms with E-state index < -0.39 is 151 Å². The Hall–Kier alpha value is -7.84. The summed E-state index contributed by atoms with van der Waals surface area (Å²) in [5.74, 6) is -12.9. The number of carboxylic acids is 2. The fraction of sp³-hybridized carbons (Fsp3) is 0.623. The van der Waals surface area contributed by atoms with Gasteiger partial charge in [-0.25, -0.2) is 4.79 Å². The maximum Gasteiger partial charge on any atom is 0.326 e. The molecular weight excluding hydrogens is 1040 g/mol. The van der Waals surface area contributed by atoms with Crippen molar-refractivity contribution in [2.75, 3.05) is 6.54 Å². The molecule has 0 fully saturated rings. The van der Waals surface area contributed by atoms with Crippen molar-refractivity contribution in [1.29, 1.82) is 0 Å². The molecule has 0 aliphatic rings. The van der Waals surface area contributed by atoms with Gasteiger partial charge in [0.15, 0.2) is 5.96 Å². The summed E-state index contributed by atoms with van der Waals surface area (Å²) in [5.41, 5.74) is 23.9. The molecular formula is C53H86N14O13. The molecule has 1 aromatic carbocycles. The second-order valence-corrected chi connectivity index (χ2v) is 21.8. The van der Waals surface area contributed by atoms with Crippen LogP contribution in [0.3, 0.4) is 0 Å². The minimum Gasteiger partial charge on any atom is -0.481 e. The minimum atomic E-state index is -1.81. The van der Waals surface area contributed by atoms with Gasteiger partial charge in [-0.05, 0) is 73.3 Å². The third-order valence-electron chi connectivity index (χ3n) is 12.8. The second kappa shape index (κ2) is 32.9. The van der Waals surface area contributed by atoms with E-state index in [-0.39, 0.29) is 62.4 Å². The van der Waals surface area contributed by atoms with Crippen molar-refractivity contribution >= 4 is 82.0 Å². The lowest BCUT2D eigenvalue weighted by Crippen LogP contribution is -2.61. The fourth-order valence-electron chi connectivity index (χ4n) is 8.33. The van der Waals surface area contributed by atoms with Gasteiger partial charge in [0.25, 0.3) is 0 Å². The lowest BCUT2D eigenvalue weighted by atomic mass is 9.98. The number of amides is 9. The van der Waals surface area contributed by atoms with Crippen LogP contribution in [0.5, 0.6) is 0 Å². The number of primary amides is 1. The van der Waals surface area contributed by atoms with E-state index in [1.54, 1.807) is 85.9 Å². The van der Waals surface area contributed by atoms with Crippen LogP contribution in [0, 0.1) is 29.6 Å². The number of aromatic nitrogens is 1. The summed E-state index contributed by atoms with van der Waals surface area (Å²) < 4.78 is 0. The van der Waals surface area contributed by atoms with Crippen molar-refractivity contribution < 1.29 is 63.0 Å². The number of aromatic amines is 1. The first-order chi connectivity index (χ1) is 37.3. The molecule has 1 heterocycles. The van der Waals surface area contributed by atoms with Crippen molar-refractivity contribution in [3.05, 3.63) is 36.0 Å². The molecule has 0 radical (unpaired) electrons. The second-order valence-electron chi connectivity index (χ2n) is 21.8. The zero-order valence-electron chi connectivity index (χ0n) is 47.5. The highest BCUT2D eigenvalue weighted by molar-refractivity contribution is 5.99. The molecule has 27 nitrogen and oxygen atoms in total. The number of carbonyl (C=O) groups excluding carboxylic acids is 9. The van der Waals surface area contributed by atoms with E-state index in [1.807, 2.05) is 13.8 Å². The van der Waals surface area contributed by atoms with Crippen LogP contribution in [0.25, 0.3) is 10.9 Å². The Morgan fingerprint density at radius 2 is 0.988 bits per heavy atom. The Morgan fingerprint density at radius 1 is 0.537 bits per heavy atom. The molecule has 0 saturated heterocycles. The summed E-state index contributed by atoms with van der Waals surface area (Å²) in [5, 5.41) is 40.6. The van der Waals surface area contributed by atoms with Gasteiger partial charge in [0.2, 0.25) is 53.2 Å². The van der Waals surface area contributed by atoms with Gasteiger partial charge >= 0.3 is 11.9 Å². The van der Waals surface area contributed by atoms with Crippen molar-refractivity contribution in [3.63, 3.8) is 0 Å². The molecule has 0 bridgehead atoms. The Balaban J connectivity index is 2.58. The molecule has 0 saturated carbocycles. The first-order valence-electron chi connectivity index (χ1n) is 26.8. The number of aliphatic imine (C=N–C) groups is 1. The SMILES string of the molecule is CC(C)C[C@H](NC(=O)[C@@H](NC(=O)[C@H](Cc1c[nH]c2ccccc12)NC(=O)[C@H](CCCN=C(N)N)NC(=O)[C@H](CCC(=O)O)NC(=O)[C@H](CC(N)=O)NC(=O)[C@@H](NC(=O)[C@H](CC(C)C)NC(=O)[C@@H](N)C(C)C)C(C)C)C(C)C)C(=O)O. The largest absolute Gasteiger partial charge is 0.481 e. The quantitative estimate of drug-likeness (QED) is 0.0220. The first-order valence-corrected chi connectivity index (χ1v) is 26.8. The zero-order chi connectivity index (χ0) is 60.7. The molecule has 446 valence electrons. The average molecular weight is 1130 g/mol. The van der Waals surface area contributed by atoms with Gasteiger partial charge in [0.05, 0.1) is 12.5 Å². The molecule has 0 aliphatic carbocycles. The van der Waals surface area contributed by atoms with Crippen LogP contribution in [0.1, 0.15) is 120 Å². The predicted octanol–water partition coefficient (Wildman–Crippen LogP) is -1.15. The van der Waals surface area contributed by atoms with E-state index >= 15 is 0 Å². The zero-order valence-corrected chi connectivity index (χ0v) is 47.5. The number of nitrogens with zero attached hydrogens (tertiary/aromatic N) is 1. The van der Waals surface area contributed by atoms with Gasteiger partial charge in [-0.1, -0.05) is 87.4 Å². The third-order valence-corrected chi connectivity index (χ3v) is 12.8. The Morgan fingerprint density at radius 3 is 1.48 bits per heavy atom. The normalized spacial score (nSPS) is 14.8. The highest BCUT2D eigenvalue weighted by Crippen LogP contribution is 2.20. The molecule has 27 heteroatoms. The fourth-order valence-corrected chi connectivity index (χ4v) is 8.33. The maximum absolute atomic E-state index is 14.6. The Kier molecular flexibility index (Phi) is 28.1. The van der Waals surface area contributed by atoms with Crippen LogP contribution >= 0.6 is 0 Å². The molecule has 2 aromatic rings. The van der Waals surface area contributed by atoms with Crippen molar-refractivity contribution in [3.8, 4) is 0 Å². The number of nitrogens with one attached hydrogen (secondary N) is 9. The van der Waals surface area contributed by atoms with Gasteiger partial charge in [0, 0.05) is 36.5 Å². The van der Waals surface area contributed by atoms with E-state index in [9.17, 15) is 63.0 Å². The third kappa shape index (κ3) is 23.2. The molecule has 9 amide bonds. The van der Waals surface area contributed by atoms with E-state index in [0.717, 1.165) is 0 Å². The number of carbonyl (C=O) groups is 11. The first kappa shape index (κ1) is 68.3. The summed E-state index contributed by atoms with van der Waals surface area (Å²) >= 11 is 0. The molecule has 0 spiro atoms. The number of H-pyrrole nitrogens is 1. The maximum atomic E-state index is 14.6. The van der Waals surface area contributed by atoms with Gasteiger partial charge in [-0.3, -0.25) is 52.9 Å². The van der Waals surface area contributed by atoms with Gasteiger partial charge in [0.1, 0.15) is 48.3 Å². The van der Waals surface area contributed by atoms with Crippen LogP contribution in [-0.4, -0.2) is 147 Å². The van der Waals surface area contributed by atoms with E-state index in [1.165, 1.54) is 0 Å². The number of guanidine groups is 1. The summed E-state index contributed by atoms with van der Waals surface area (Å²) in [6.07, 6.45) is -0.618. The summed E-state index contributed by atoms with van der Waals surface area (Å²) in [6.45, 7) is 17.0. The lowest BCUT2D eigenvalue weighted by molar-refractivity contribution is -0.143. The van der Waals surface area contributed by atoms with Crippen LogP contribution in [0.4, 0.5) is 0 Å². The summed E-state index contributed by atoms with van der Waals surface area (Å²) in [6, 6.07) is -5.48. The molecule has 1 aromatic heterocycles. The minimum absolute atomic E-state index is 0.0365. The van der Waals surface area contributed by atoms with Gasteiger partial charge in [-0.15, -0.1) is 0 Å². The molecule has 19 N–H and O–H groups in total. The summed E-state index contributed by atoms with van der Waals surface area (Å²) in [4.78, 5) is 155. The Bertz CT molecular complexity index is 2510. The van der Waals surface area contributed by atoms with Crippen LogP contribution in [0.15, 0.2) is 35.5 Å². The topological polar surface area (TPSA) is 457 Å². The number of hydrogen-bond acceptors (Lipinski definition) is 13. The van der Waals surface area contributed by atoms with E-state index in [0.29, 0.717) is 16.5 Å². The molecule has 2 rings (SSSR count). The molecule has 0 unspecified atom stereocenters. The number of fused-ring (bicyclic) bond motifs is 1. The Labute approximate surface area is 466 Å². The van der Waals surface area contributed by atoms with Crippen molar-refractivity contribution in [1.82, 2.24) is 47.5 Å². The smallest absolute Gasteiger partial charge is 0.326 e. The number of para-hydroxylation sites is 1. The predicted molar refractivity (Wildman–Crippen MR) is 297 cm³/mol. The molecule has 80 heavy (non-hydrogen) atoms. The van der Waals surface area contributed by atoms with Gasteiger partial charge < -0.3 is 80.7 Å². The number of hydrogen-bond donors (Lipinski definition) is 15. The van der Waals surface area contributed by atoms with Crippen LogP contribution < -0.4 is 65.5 Å². The number of nitrogens with two attached hydrogens (primary N) is 4. The standard InChI is InChI=1S/C53H86N14O13/c1-25(2)20-35(63-49(76)41(55)27(5)6)47(74)66-42(28(7)8)50(77)64-37(23-39(54)68)46(73)61-34(17-18-40(69)70)45(72)60-33(16-13-19-58-53(56)57)44(71)62-36(22-30-24-59-32-15-12-11-14-31(30)32)48(75)67-43(29(9)10)51(78)65-38(52(79)80)21-26(3)4/h11-12,14-15,24-29,33-38,41-43,59H,13,16-23,55H2,1-10H3,(H2,54,68)(H,60,72)(H,61,73)(H,62,71)(H,63,76)(H,64,77)(H,65,78)(H,66,74)(H,67,75)(H,69,70)(H,79,80)(H4,56,57,58)/t33-,34-,35-,36-,37-,38-,41-,42-,43-/m0/s1. The van der Waals surface area contributed by atoms with E-state index in [2.05, 4.69) is 52.5 Å². The molecule has 0 aliphatic heterocycles. The number of aliphatic carboxylic acids is 2. The highest BCUT2D eigenvalue weighted by Gasteiger charge is 2.37.